The van der Waals surface area contributed by atoms with Crippen LogP contribution in [0.3, 0.4) is 0 Å². The van der Waals surface area contributed by atoms with Crippen molar-refractivity contribution in [3.8, 4) is 5.69 Å². The molecule has 4 nitrogen and oxygen atoms in total. The lowest BCUT2D eigenvalue weighted by Crippen LogP contribution is -2.19. The highest BCUT2D eigenvalue weighted by Crippen LogP contribution is 2.36. The Kier molecular flexibility index (Phi) is 3.67. The van der Waals surface area contributed by atoms with Gasteiger partial charge in [-0.25, -0.2) is 0 Å². The van der Waals surface area contributed by atoms with E-state index in [1.807, 2.05) is 18.2 Å². The van der Waals surface area contributed by atoms with Gasteiger partial charge >= 0.3 is 0 Å². The van der Waals surface area contributed by atoms with Crippen LogP contribution in [0, 0.1) is 0 Å². The second-order valence-corrected chi connectivity index (χ2v) is 8.25. The first kappa shape index (κ1) is 18.0. The highest BCUT2D eigenvalue weighted by atomic mass is 16.1. The van der Waals surface area contributed by atoms with E-state index in [9.17, 15) is 4.79 Å². The molecule has 0 atom stereocenters. The van der Waals surface area contributed by atoms with E-state index in [1.165, 1.54) is 26.9 Å². The number of benzene rings is 4. The zero-order chi connectivity index (χ0) is 21.9. The molecule has 0 amide bonds. The molecule has 0 radical (unpaired) electrons. The molecule has 0 fully saturated rings. The Balaban J connectivity index is 1.67. The molecule has 7 aromatic rings. The van der Waals surface area contributed by atoms with E-state index >= 15 is 0 Å². The predicted molar refractivity (Wildman–Crippen MR) is 135 cm³/mol. The third-order valence-corrected chi connectivity index (χ3v) is 6.52. The Hall–Kier alpha value is -4.57. The van der Waals surface area contributed by atoms with Crippen molar-refractivity contribution in [2.45, 2.75) is 0 Å². The van der Waals surface area contributed by atoms with Crippen LogP contribution in [0.2, 0.25) is 0 Å². The van der Waals surface area contributed by atoms with E-state index in [1.54, 1.807) is 29.2 Å². The molecule has 33 heavy (non-hydrogen) atoms. The summed E-state index contributed by atoms with van der Waals surface area (Å²) in [4.78, 5) is 22.5. The molecule has 0 bridgehead atoms. The summed E-state index contributed by atoms with van der Waals surface area (Å²) in [5.41, 5.74) is 2.29. The van der Waals surface area contributed by atoms with Crippen molar-refractivity contribution >= 4 is 54.1 Å². The minimum atomic E-state index is -0.0719. The Labute approximate surface area is 188 Å². The van der Waals surface area contributed by atoms with Gasteiger partial charge in [-0.3, -0.25) is 19.3 Å². The standard InChI is InChI=1S/C29H17N3O/c33-29-24-13-15-30-17-26(24)28-27(10-5-14-31-28)32(29)18-11-12-23-21-8-2-1-6-19(21)20-7-3-4-9-22(20)25(23)16-18/h1-17H. The molecule has 4 aromatic carbocycles. The minimum absolute atomic E-state index is 0.0719. The molecule has 0 saturated heterocycles. The third-order valence-electron chi connectivity index (χ3n) is 6.52. The molecule has 0 saturated carbocycles. The second kappa shape index (κ2) is 6.71. The van der Waals surface area contributed by atoms with Crippen LogP contribution < -0.4 is 5.56 Å². The van der Waals surface area contributed by atoms with Gasteiger partial charge in [-0.15, -0.1) is 0 Å². The number of hydrogen-bond donors (Lipinski definition) is 0. The lowest BCUT2D eigenvalue weighted by Gasteiger charge is -2.15. The normalized spacial score (nSPS) is 11.8. The summed E-state index contributed by atoms with van der Waals surface area (Å²) in [6, 6.07) is 28.8. The molecule has 0 aliphatic carbocycles. The van der Waals surface area contributed by atoms with Gasteiger partial charge in [0.1, 0.15) is 0 Å². The fourth-order valence-electron chi connectivity index (χ4n) is 5.08. The number of rotatable bonds is 1. The van der Waals surface area contributed by atoms with Gasteiger partial charge in [0.25, 0.3) is 5.56 Å². The summed E-state index contributed by atoms with van der Waals surface area (Å²) >= 11 is 0. The van der Waals surface area contributed by atoms with Gasteiger partial charge in [0, 0.05) is 29.7 Å². The Morgan fingerprint density at radius 1 is 0.576 bits per heavy atom. The molecule has 4 heteroatoms. The zero-order valence-corrected chi connectivity index (χ0v) is 17.6. The maximum absolute atomic E-state index is 13.7. The summed E-state index contributed by atoms with van der Waals surface area (Å²) in [6.07, 6.45) is 5.13. The Bertz CT molecular complexity index is 1920. The molecular weight excluding hydrogens is 406 g/mol. The SMILES string of the molecule is O=c1c2ccncc2c2ncccc2n1-c1ccc2c3ccccc3c3ccccc3c2c1. The van der Waals surface area contributed by atoms with E-state index < -0.39 is 0 Å². The van der Waals surface area contributed by atoms with Crippen LogP contribution in [0.15, 0.2) is 108 Å². The van der Waals surface area contributed by atoms with E-state index in [-0.39, 0.29) is 5.56 Å². The molecule has 154 valence electrons. The smallest absolute Gasteiger partial charge is 0.263 e. The highest BCUT2D eigenvalue weighted by Gasteiger charge is 2.15. The average molecular weight is 423 g/mol. The van der Waals surface area contributed by atoms with Crippen LogP contribution in [-0.4, -0.2) is 14.5 Å². The molecule has 7 rings (SSSR count). The van der Waals surface area contributed by atoms with Crippen molar-refractivity contribution < 1.29 is 0 Å². The largest absolute Gasteiger partial charge is 0.275 e. The number of fused-ring (bicyclic) bond motifs is 9. The van der Waals surface area contributed by atoms with Crippen LogP contribution in [0.5, 0.6) is 0 Å². The van der Waals surface area contributed by atoms with Crippen LogP contribution in [0.1, 0.15) is 0 Å². The number of pyridine rings is 3. The molecule has 3 heterocycles. The first-order valence-electron chi connectivity index (χ1n) is 10.9. The highest BCUT2D eigenvalue weighted by molar-refractivity contribution is 6.25. The van der Waals surface area contributed by atoms with Crippen molar-refractivity contribution in [2.24, 2.45) is 0 Å². The van der Waals surface area contributed by atoms with Crippen molar-refractivity contribution in [3.05, 3.63) is 114 Å². The van der Waals surface area contributed by atoms with Gasteiger partial charge < -0.3 is 0 Å². The van der Waals surface area contributed by atoms with Crippen LogP contribution in [-0.2, 0) is 0 Å². The van der Waals surface area contributed by atoms with Crippen molar-refractivity contribution in [3.63, 3.8) is 0 Å². The Morgan fingerprint density at radius 3 is 1.97 bits per heavy atom. The number of nitrogens with zero attached hydrogens (tertiary/aromatic N) is 3. The van der Waals surface area contributed by atoms with Crippen LogP contribution in [0.25, 0.3) is 59.8 Å². The summed E-state index contributed by atoms with van der Waals surface area (Å²) in [6.45, 7) is 0. The molecular formula is C29H17N3O. The fraction of sp³-hybridized carbons (Fsp3) is 0. The summed E-state index contributed by atoms with van der Waals surface area (Å²) in [5.74, 6) is 0. The third kappa shape index (κ3) is 2.49. The van der Waals surface area contributed by atoms with Gasteiger partial charge in [0.05, 0.1) is 16.4 Å². The average Bonchev–Trinajstić information content (AvgIpc) is 2.89. The summed E-state index contributed by atoms with van der Waals surface area (Å²) in [5, 5.41) is 8.51. The molecule has 0 spiro atoms. The molecule has 0 aliphatic rings. The summed E-state index contributed by atoms with van der Waals surface area (Å²) < 4.78 is 1.77. The minimum Gasteiger partial charge on any atom is -0.275 e. The van der Waals surface area contributed by atoms with Gasteiger partial charge in [0.15, 0.2) is 0 Å². The first-order valence-corrected chi connectivity index (χ1v) is 10.9. The van der Waals surface area contributed by atoms with Crippen LogP contribution >= 0.6 is 0 Å². The van der Waals surface area contributed by atoms with E-state index in [2.05, 4.69) is 70.6 Å². The van der Waals surface area contributed by atoms with Gasteiger partial charge in [-0.1, -0.05) is 54.6 Å². The molecule has 0 aliphatic heterocycles. The van der Waals surface area contributed by atoms with E-state index in [0.29, 0.717) is 5.39 Å². The van der Waals surface area contributed by atoms with Gasteiger partial charge in [0.2, 0.25) is 0 Å². The Morgan fingerprint density at radius 2 is 1.24 bits per heavy atom. The maximum Gasteiger partial charge on any atom is 0.263 e. The fourth-order valence-corrected chi connectivity index (χ4v) is 5.08. The molecule has 3 aromatic heterocycles. The number of hydrogen-bond acceptors (Lipinski definition) is 3. The monoisotopic (exact) mass is 423 g/mol. The van der Waals surface area contributed by atoms with E-state index in [4.69, 9.17) is 0 Å². The first-order chi connectivity index (χ1) is 16.3. The lowest BCUT2D eigenvalue weighted by atomic mass is 9.94. The zero-order valence-electron chi connectivity index (χ0n) is 17.6. The van der Waals surface area contributed by atoms with Gasteiger partial charge in [-0.05, 0) is 62.6 Å². The lowest BCUT2D eigenvalue weighted by molar-refractivity contribution is 1.06. The van der Waals surface area contributed by atoms with Crippen LogP contribution in [0.4, 0.5) is 0 Å². The quantitative estimate of drug-likeness (QED) is 0.287. The number of aromatic nitrogens is 3. The van der Waals surface area contributed by atoms with Crippen molar-refractivity contribution in [2.75, 3.05) is 0 Å². The topological polar surface area (TPSA) is 47.8 Å². The van der Waals surface area contributed by atoms with Crippen molar-refractivity contribution in [1.82, 2.24) is 14.5 Å². The molecule has 0 unspecified atom stereocenters. The molecule has 0 N–H and O–H groups in total. The maximum atomic E-state index is 13.7. The van der Waals surface area contributed by atoms with E-state index in [0.717, 1.165) is 27.5 Å². The van der Waals surface area contributed by atoms with Crippen molar-refractivity contribution in [1.29, 1.82) is 0 Å². The second-order valence-electron chi connectivity index (χ2n) is 8.25. The van der Waals surface area contributed by atoms with Gasteiger partial charge in [-0.2, -0.15) is 0 Å². The predicted octanol–water partition coefficient (Wildman–Crippen LogP) is 6.39. The summed E-state index contributed by atoms with van der Waals surface area (Å²) in [7, 11) is 0.